The predicted molar refractivity (Wildman–Crippen MR) is 103 cm³/mol. The minimum atomic E-state index is -3.36. The Morgan fingerprint density at radius 2 is 1.48 bits per heavy atom. The van der Waals surface area contributed by atoms with E-state index >= 15 is 0 Å². The van der Waals surface area contributed by atoms with Gasteiger partial charge in [0, 0.05) is 38.6 Å². The average molecular weight is 359 g/mol. The highest BCUT2D eigenvalue weighted by atomic mass is 32.2. The molecular weight excluding hydrogens is 334 g/mol. The molecule has 0 saturated carbocycles. The molecule has 6 heteroatoms. The SMILES string of the molecule is CN(C)S(=O)(=O)NCCCN1c2ccccc2CCc2ccccc21. The molecule has 0 bridgehead atoms. The van der Waals surface area contributed by atoms with Crippen molar-refractivity contribution in [1.29, 1.82) is 0 Å². The van der Waals surface area contributed by atoms with Crippen molar-refractivity contribution in [2.45, 2.75) is 19.3 Å². The molecule has 3 rings (SSSR count). The van der Waals surface area contributed by atoms with Crippen molar-refractivity contribution in [2.24, 2.45) is 0 Å². The van der Waals surface area contributed by atoms with Crippen LogP contribution in [0, 0.1) is 0 Å². The number of para-hydroxylation sites is 2. The third kappa shape index (κ3) is 4.03. The summed E-state index contributed by atoms with van der Waals surface area (Å²) in [6, 6.07) is 17.0. The lowest BCUT2D eigenvalue weighted by Crippen LogP contribution is -2.37. The van der Waals surface area contributed by atoms with Crippen molar-refractivity contribution in [3.8, 4) is 0 Å². The molecule has 134 valence electrons. The van der Waals surface area contributed by atoms with Gasteiger partial charge < -0.3 is 4.90 Å². The lowest BCUT2D eigenvalue weighted by atomic mass is 10.0. The van der Waals surface area contributed by atoms with Gasteiger partial charge in [-0.3, -0.25) is 0 Å². The summed E-state index contributed by atoms with van der Waals surface area (Å²) in [5.41, 5.74) is 5.13. The Balaban J connectivity index is 1.78. The third-order valence-electron chi connectivity index (χ3n) is 4.55. The van der Waals surface area contributed by atoms with Gasteiger partial charge >= 0.3 is 0 Å². The second kappa shape index (κ2) is 7.56. The molecule has 0 spiro atoms. The van der Waals surface area contributed by atoms with Crippen molar-refractivity contribution in [3.05, 3.63) is 59.7 Å². The summed E-state index contributed by atoms with van der Waals surface area (Å²) in [6.45, 7) is 1.19. The maximum atomic E-state index is 11.8. The molecule has 1 N–H and O–H groups in total. The van der Waals surface area contributed by atoms with Crippen LogP contribution in [0.25, 0.3) is 0 Å². The predicted octanol–water partition coefficient (Wildman–Crippen LogP) is 2.71. The largest absolute Gasteiger partial charge is 0.341 e. The highest BCUT2D eigenvalue weighted by molar-refractivity contribution is 7.87. The Bertz CT molecular complexity index is 787. The molecule has 1 heterocycles. The fourth-order valence-corrected chi connectivity index (χ4v) is 3.84. The van der Waals surface area contributed by atoms with Gasteiger partial charge in [0.2, 0.25) is 0 Å². The Kier molecular flexibility index (Phi) is 5.42. The van der Waals surface area contributed by atoms with Crippen LogP contribution in [0.1, 0.15) is 17.5 Å². The van der Waals surface area contributed by atoms with E-state index in [2.05, 4.69) is 58.2 Å². The highest BCUT2D eigenvalue weighted by Crippen LogP contribution is 2.35. The van der Waals surface area contributed by atoms with Gasteiger partial charge in [-0.15, -0.1) is 0 Å². The summed E-state index contributed by atoms with van der Waals surface area (Å²) in [6.07, 6.45) is 2.78. The van der Waals surface area contributed by atoms with Gasteiger partial charge in [-0.2, -0.15) is 12.7 Å². The molecule has 0 unspecified atom stereocenters. The molecule has 0 fully saturated rings. The number of hydrogen-bond donors (Lipinski definition) is 1. The summed E-state index contributed by atoms with van der Waals surface area (Å²) >= 11 is 0. The van der Waals surface area contributed by atoms with Crippen LogP contribution in [0.4, 0.5) is 11.4 Å². The summed E-state index contributed by atoms with van der Waals surface area (Å²) < 4.78 is 27.5. The van der Waals surface area contributed by atoms with Gasteiger partial charge in [-0.1, -0.05) is 36.4 Å². The summed E-state index contributed by atoms with van der Waals surface area (Å²) in [5, 5.41) is 0. The first-order chi connectivity index (χ1) is 12.0. The van der Waals surface area contributed by atoms with Gasteiger partial charge in [-0.25, -0.2) is 4.72 Å². The average Bonchev–Trinajstić information content (AvgIpc) is 2.76. The number of fused-ring (bicyclic) bond motifs is 2. The normalized spacial score (nSPS) is 14.1. The van der Waals surface area contributed by atoms with Crippen molar-refractivity contribution in [1.82, 2.24) is 9.03 Å². The number of anilines is 2. The number of rotatable bonds is 6. The lowest BCUT2D eigenvalue weighted by Gasteiger charge is -2.27. The van der Waals surface area contributed by atoms with Crippen molar-refractivity contribution >= 4 is 21.6 Å². The van der Waals surface area contributed by atoms with Crippen LogP contribution in [-0.2, 0) is 23.1 Å². The number of benzene rings is 2. The maximum Gasteiger partial charge on any atom is 0.278 e. The van der Waals surface area contributed by atoms with Crippen LogP contribution in [0.3, 0.4) is 0 Å². The minimum Gasteiger partial charge on any atom is -0.341 e. The fraction of sp³-hybridized carbons (Fsp3) is 0.368. The molecule has 1 aliphatic rings. The number of nitrogens with one attached hydrogen (secondary N) is 1. The standard InChI is InChI=1S/C19H25N3O2S/c1-21(2)25(23,24)20-14-7-15-22-18-10-5-3-8-16(18)12-13-17-9-4-6-11-19(17)22/h3-6,8-11,20H,7,12-15H2,1-2H3. The molecule has 0 aromatic heterocycles. The molecule has 0 amide bonds. The molecule has 0 radical (unpaired) electrons. The van der Waals surface area contributed by atoms with Crippen molar-refractivity contribution in [2.75, 3.05) is 32.1 Å². The summed E-state index contributed by atoms with van der Waals surface area (Å²) in [5.74, 6) is 0. The smallest absolute Gasteiger partial charge is 0.278 e. The van der Waals surface area contributed by atoms with Gasteiger partial charge in [0.1, 0.15) is 0 Å². The Hall–Kier alpha value is -1.89. The zero-order chi connectivity index (χ0) is 17.9. The van der Waals surface area contributed by atoms with Crippen LogP contribution in [-0.4, -0.2) is 39.9 Å². The monoisotopic (exact) mass is 359 g/mol. The molecule has 2 aromatic carbocycles. The first-order valence-electron chi connectivity index (χ1n) is 8.59. The molecule has 0 aliphatic carbocycles. The van der Waals surface area contributed by atoms with E-state index in [1.807, 2.05) is 0 Å². The first-order valence-corrected chi connectivity index (χ1v) is 10.0. The van der Waals surface area contributed by atoms with E-state index in [0.717, 1.165) is 25.8 Å². The van der Waals surface area contributed by atoms with E-state index in [-0.39, 0.29) is 0 Å². The lowest BCUT2D eigenvalue weighted by molar-refractivity contribution is 0.504. The third-order valence-corrected chi connectivity index (χ3v) is 6.08. The Morgan fingerprint density at radius 3 is 2.00 bits per heavy atom. The molecule has 5 nitrogen and oxygen atoms in total. The first kappa shape index (κ1) is 17.9. The molecule has 2 aromatic rings. The van der Waals surface area contributed by atoms with E-state index in [0.29, 0.717) is 6.54 Å². The molecular formula is C19H25N3O2S. The van der Waals surface area contributed by atoms with Gasteiger partial charge in [0.15, 0.2) is 0 Å². The van der Waals surface area contributed by atoms with Crippen LogP contribution < -0.4 is 9.62 Å². The van der Waals surface area contributed by atoms with E-state index < -0.39 is 10.2 Å². The van der Waals surface area contributed by atoms with Gasteiger partial charge in [0.25, 0.3) is 10.2 Å². The van der Waals surface area contributed by atoms with Crippen molar-refractivity contribution in [3.63, 3.8) is 0 Å². The topological polar surface area (TPSA) is 52.7 Å². The minimum absolute atomic E-state index is 0.418. The van der Waals surface area contributed by atoms with Crippen LogP contribution in [0.2, 0.25) is 0 Å². The van der Waals surface area contributed by atoms with Crippen LogP contribution >= 0.6 is 0 Å². The summed E-state index contributed by atoms with van der Waals surface area (Å²) in [4.78, 5) is 2.32. The maximum absolute atomic E-state index is 11.8. The number of hydrogen-bond acceptors (Lipinski definition) is 3. The van der Waals surface area contributed by atoms with Crippen LogP contribution in [0.15, 0.2) is 48.5 Å². The molecule has 25 heavy (non-hydrogen) atoms. The highest BCUT2D eigenvalue weighted by Gasteiger charge is 2.20. The Labute approximate surface area is 150 Å². The summed E-state index contributed by atoms with van der Waals surface area (Å²) in [7, 11) is -0.302. The fourth-order valence-electron chi connectivity index (χ4n) is 3.18. The second-order valence-corrected chi connectivity index (χ2v) is 8.41. The van der Waals surface area contributed by atoms with Gasteiger partial charge in [-0.05, 0) is 42.5 Å². The van der Waals surface area contributed by atoms with E-state index in [1.54, 1.807) is 0 Å². The molecule has 0 saturated heterocycles. The van der Waals surface area contributed by atoms with Gasteiger partial charge in [0.05, 0.1) is 0 Å². The Morgan fingerprint density at radius 1 is 0.960 bits per heavy atom. The van der Waals surface area contributed by atoms with E-state index in [4.69, 9.17) is 0 Å². The second-order valence-electron chi connectivity index (χ2n) is 6.44. The van der Waals surface area contributed by atoms with Crippen molar-refractivity contribution < 1.29 is 8.42 Å². The number of aryl methyl sites for hydroxylation is 2. The van der Waals surface area contributed by atoms with E-state index in [1.165, 1.54) is 40.9 Å². The molecule has 0 atom stereocenters. The molecule has 1 aliphatic heterocycles. The van der Waals surface area contributed by atoms with Crippen LogP contribution in [0.5, 0.6) is 0 Å². The quantitative estimate of drug-likeness (QED) is 0.807. The zero-order valence-corrected chi connectivity index (χ0v) is 15.6. The van der Waals surface area contributed by atoms with E-state index in [9.17, 15) is 8.42 Å². The number of nitrogens with zero attached hydrogens (tertiary/aromatic N) is 2. The zero-order valence-electron chi connectivity index (χ0n) is 14.8.